The van der Waals surface area contributed by atoms with Gasteiger partial charge in [0.05, 0.1) is 27.3 Å². The van der Waals surface area contributed by atoms with Crippen LogP contribution in [0.1, 0.15) is 6.92 Å². The molecule has 0 spiro atoms. The van der Waals surface area contributed by atoms with Gasteiger partial charge in [-0.15, -0.1) is 6.58 Å². The minimum absolute atomic E-state index is 0.361. The highest BCUT2D eigenvalue weighted by molar-refractivity contribution is 5.60. The molecule has 2 N–H and O–H groups in total. The van der Waals surface area contributed by atoms with Crippen LogP contribution in [-0.4, -0.2) is 51.0 Å². The number of ether oxygens (including phenoxy) is 1. The molecule has 15 heavy (non-hydrogen) atoms. The van der Waals surface area contributed by atoms with Crippen LogP contribution in [0.4, 0.5) is 0 Å². The summed E-state index contributed by atoms with van der Waals surface area (Å²) in [6, 6.07) is 0. The molecule has 0 bridgehead atoms. The van der Waals surface area contributed by atoms with Crippen molar-refractivity contribution in [3.63, 3.8) is 0 Å². The quantitative estimate of drug-likeness (QED) is 0.381. The van der Waals surface area contributed by atoms with Gasteiger partial charge in [0.25, 0.3) is 0 Å². The fraction of sp³-hybridized carbons (Fsp3) is 0.700. The zero-order valence-corrected chi connectivity index (χ0v) is 9.66. The highest BCUT2D eigenvalue weighted by atomic mass is 16.5. The summed E-state index contributed by atoms with van der Waals surface area (Å²) in [5.41, 5.74) is 0. The lowest BCUT2D eigenvalue weighted by atomic mass is 10.3. The van der Waals surface area contributed by atoms with Crippen LogP contribution in [0.25, 0.3) is 0 Å². The van der Waals surface area contributed by atoms with E-state index in [4.69, 9.17) is 14.6 Å². The molecule has 90 valence electrons. The molecular formula is C10H21NO4. The van der Waals surface area contributed by atoms with Gasteiger partial charge in [-0.1, -0.05) is 6.08 Å². The average Bonchev–Trinajstić information content (AvgIpc) is 2.02. The molecule has 0 heterocycles. The van der Waals surface area contributed by atoms with Gasteiger partial charge in [0.15, 0.2) is 0 Å². The number of rotatable bonds is 6. The third-order valence-electron chi connectivity index (χ3n) is 1.19. The Labute approximate surface area is 91.0 Å². The molecule has 0 fully saturated rings. The summed E-state index contributed by atoms with van der Waals surface area (Å²) >= 11 is 0. The molecule has 0 aliphatic heterocycles. The number of carboxylic acids is 1. The number of hydrogen-bond donors (Lipinski definition) is 2. The van der Waals surface area contributed by atoms with Crippen molar-refractivity contribution in [3.05, 3.63) is 12.7 Å². The van der Waals surface area contributed by atoms with E-state index < -0.39 is 5.97 Å². The van der Waals surface area contributed by atoms with Gasteiger partial charge in [-0.25, -0.2) is 0 Å². The van der Waals surface area contributed by atoms with Crippen LogP contribution in [0, 0.1) is 0 Å². The summed E-state index contributed by atoms with van der Waals surface area (Å²) in [7, 11) is 3.99. The first kappa shape index (κ1) is 16.5. The van der Waals surface area contributed by atoms with E-state index in [0.717, 1.165) is 13.5 Å². The van der Waals surface area contributed by atoms with E-state index in [0.29, 0.717) is 13.2 Å². The lowest BCUT2D eigenvalue weighted by molar-refractivity contribution is -0.861. The topological polar surface area (TPSA) is 74.0 Å². The second-order valence-corrected chi connectivity index (χ2v) is 3.38. The molecule has 0 aliphatic carbocycles. The number of hydrogen-bond acceptors (Lipinski definition) is 4. The first-order valence-corrected chi connectivity index (χ1v) is 4.73. The normalized spacial score (nSPS) is 11.5. The first-order valence-electron chi connectivity index (χ1n) is 4.73. The summed E-state index contributed by atoms with van der Waals surface area (Å²) in [6.07, 6.45) is 1.31. The summed E-state index contributed by atoms with van der Waals surface area (Å²) < 4.78 is 5.06. The third kappa shape index (κ3) is 24.6. The number of quaternary nitrogens is 1. The molecule has 5 nitrogen and oxygen atoms in total. The van der Waals surface area contributed by atoms with Crippen molar-refractivity contribution in [2.75, 3.05) is 33.9 Å². The van der Waals surface area contributed by atoms with Crippen LogP contribution in [0.2, 0.25) is 0 Å². The van der Waals surface area contributed by atoms with Gasteiger partial charge in [0.1, 0.15) is 12.6 Å². The predicted octanol–water partition coefficient (Wildman–Crippen LogP) is -2.55. The van der Waals surface area contributed by atoms with Gasteiger partial charge in [-0.3, -0.25) is 0 Å². The minimum Gasteiger partial charge on any atom is -0.550 e. The Morgan fingerprint density at radius 1 is 1.67 bits per heavy atom. The Kier molecular flexibility index (Phi) is 12.3. The molecular weight excluding hydrogens is 198 g/mol. The Morgan fingerprint density at radius 3 is 2.47 bits per heavy atom. The Balaban J connectivity index is 0. The summed E-state index contributed by atoms with van der Waals surface area (Å²) in [6.45, 7) is 6.11. The van der Waals surface area contributed by atoms with Crippen molar-refractivity contribution in [2.45, 2.75) is 13.0 Å². The Bertz CT molecular complexity index is 167. The van der Waals surface area contributed by atoms with Crippen LogP contribution in [-0.2, 0) is 9.53 Å². The predicted molar refractivity (Wildman–Crippen MR) is 55.4 cm³/mol. The highest BCUT2D eigenvalue weighted by Crippen LogP contribution is 1.81. The van der Waals surface area contributed by atoms with Crippen molar-refractivity contribution in [1.82, 2.24) is 0 Å². The molecule has 0 amide bonds. The SMILES string of the molecule is C=CCOCC(O)C[NH+](C)C.CC(=O)[O-]. The maximum atomic E-state index is 9.27. The number of aliphatic hydroxyl groups is 1. The number of carbonyl (C=O) groups excluding carboxylic acids is 1. The molecule has 0 rings (SSSR count). The Morgan fingerprint density at radius 2 is 2.13 bits per heavy atom. The van der Waals surface area contributed by atoms with Crippen LogP contribution in [0.15, 0.2) is 12.7 Å². The van der Waals surface area contributed by atoms with Gasteiger partial charge in [0, 0.05) is 5.97 Å². The monoisotopic (exact) mass is 219 g/mol. The van der Waals surface area contributed by atoms with Crippen LogP contribution in [0.3, 0.4) is 0 Å². The Hall–Kier alpha value is -0.910. The van der Waals surface area contributed by atoms with Gasteiger partial charge >= 0.3 is 0 Å². The van der Waals surface area contributed by atoms with Crippen molar-refractivity contribution >= 4 is 5.97 Å². The van der Waals surface area contributed by atoms with E-state index >= 15 is 0 Å². The van der Waals surface area contributed by atoms with Crippen LogP contribution >= 0.6 is 0 Å². The van der Waals surface area contributed by atoms with Gasteiger partial charge < -0.3 is 24.6 Å². The minimum atomic E-state index is -1.08. The van der Waals surface area contributed by atoms with Crippen LogP contribution < -0.4 is 10.0 Å². The summed E-state index contributed by atoms with van der Waals surface area (Å²) in [4.78, 5) is 10.1. The fourth-order valence-electron chi connectivity index (χ4n) is 0.818. The smallest absolute Gasteiger partial charge is 0.126 e. The van der Waals surface area contributed by atoms with E-state index in [1.165, 1.54) is 4.90 Å². The zero-order chi connectivity index (χ0) is 12.3. The van der Waals surface area contributed by atoms with Gasteiger partial charge in [-0.05, 0) is 6.92 Å². The number of carbonyl (C=O) groups is 1. The summed E-state index contributed by atoms with van der Waals surface area (Å²) in [5, 5.41) is 18.2. The molecule has 5 heteroatoms. The molecule has 1 unspecified atom stereocenters. The molecule has 0 saturated heterocycles. The van der Waals surface area contributed by atoms with Crippen molar-refractivity contribution in [2.24, 2.45) is 0 Å². The van der Waals surface area contributed by atoms with E-state index in [1.54, 1.807) is 6.08 Å². The lowest BCUT2D eigenvalue weighted by Gasteiger charge is -2.12. The number of likely N-dealkylation sites (N-methyl/N-ethyl adjacent to an activating group) is 1. The van der Waals surface area contributed by atoms with E-state index in [-0.39, 0.29) is 6.10 Å². The number of aliphatic carboxylic acids is 1. The molecule has 0 aromatic carbocycles. The molecule has 1 atom stereocenters. The first-order chi connectivity index (χ1) is 6.90. The second-order valence-electron chi connectivity index (χ2n) is 3.38. The van der Waals surface area contributed by atoms with Crippen molar-refractivity contribution < 1.29 is 24.6 Å². The molecule has 0 saturated carbocycles. The average molecular weight is 219 g/mol. The van der Waals surface area contributed by atoms with Crippen LogP contribution in [0.5, 0.6) is 0 Å². The summed E-state index contributed by atoms with van der Waals surface area (Å²) in [5.74, 6) is -1.08. The molecule has 0 aliphatic rings. The highest BCUT2D eigenvalue weighted by Gasteiger charge is 2.06. The molecule has 0 radical (unpaired) electrons. The van der Waals surface area contributed by atoms with E-state index in [2.05, 4.69) is 6.58 Å². The maximum Gasteiger partial charge on any atom is 0.126 e. The maximum absolute atomic E-state index is 9.27. The van der Waals surface area contributed by atoms with Crippen molar-refractivity contribution in [1.29, 1.82) is 0 Å². The largest absolute Gasteiger partial charge is 0.550 e. The second kappa shape index (κ2) is 11.2. The number of carboxylic acid groups (broad SMARTS) is 1. The third-order valence-corrected chi connectivity index (χ3v) is 1.19. The number of aliphatic hydroxyl groups excluding tert-OH is 1. The molecule has 0 aromatic heterocycles. The number of nitrogens with one attached hydrogen (secondary N) is 1. The zero-order valence-electron chi connectivity index (χ0n) is 9.66. The van der Waals surface area contributed by atoms with E-state index in [1.807, 2.05) is 14.1 Å². The van der Waals surface area contributed by atoms with Crippen molar-refractivity contribution in [3.8, 4) is 0 Å². The fourth-order valence-corrected chi connectivity index (χ4v) is 0.818. The lowest BCUT2D eigenvalue weighted by Crippen LogP contribution is -3.07. The van der Waals surface area contributed by atoms with E-state index in [9.17, 15) is 5.11 Å². The van der Waals surface area contributed by atoms with Gasteiger partial charge in [-0.2, -0.15) is 0 Å². The standard InChI is InChI=1S/C8H17NO2.C2H4O2/c1-4-5-11-7-8(10)6-9(2)3;1-2(3)4/h4,8,10H,1,5-7H2,2-3H3;1H3,(H,3,4). The molecule has 0 aromatic rings. The van der Waals surface area contributed by atoms with Gasteiger partial charge in [0.2, 0.25) is 0 Å².